The number of nitrogens with zero attached hydrogens (tertiary/aromatic N) is 1. The van der Waals surface area contributed by atoms with Gasteiger partial charge in [0.1, 0.15) is 5.82 Å². The Morgan fingerprint density at radius 2 is 2.00 bits per heavy atom. The Kier molecular flexibility index (Phi) is 3.69. The van der Waals surface area contributed by atoms with E-state index >= 15 is 0 Å². The highest BCUT2D eigenvalue weighted by Gasteiger charge is 2.36. The van der Waals surface area contributed by atoms with E-state index in [2.05, 4.69) is 5.32 Å². The average Bonchev–Trinajstić information content (AvgIpc) is 2.79. The van der Waals surface area contributed by atoms with E-state index in [1.807, 2.05) is 7.05 Å². The molecule has 0 aliphatic carbocycles. The van der Waals surface area contributed by atoms with E-state index in [9.17, 15) is 9.18 Å². The number of hydrogen-bond donors (Lipinski definition) is 1. The average molecular weight is 297 g/mol. The Balaban J connectivity index is 1.74. The van der Waals surface area contributed by atoms with Crippen molar-refractivity contribution in [1.82, 2.24) is 10.2 Å². The molecule has 20 heavy (non-hydrogen) atoms. The molecule has 2 aliphatic rings. The summed E-state index contributed by atoms with van der Waals surface area (Å²) in [5.74, 6) is -0.580. The van der Waals surface area contributed by atoms with Crippen LogP contribution in [0.3, 0.4) is 0 Å². The molecule has 1 aromatic rings. The quantitative estimate of drug-likeness (QED) is 0.910. The van der Waals surface area contributed by atoms with Gasteiger partial charge in [-0.3, -0.25) is 4.79 Å². The molecule has 2 bridgehead atoms. The van der Waals surface area contributed by atoms with Crippen LogP contribution < -0.4 is 5.32 Å². The van der Waals surface area contributed by atoms with Gasteiger partial charge < -0.3 is 10.2 Å². The smallest absolute Gasteiger partial charge is 0.253 e. The van der Waals surface area contributed by atoms with Crippen LogP contribution in [-0.2, 0) is 0 Å². The van der Waals surface area contributed by atoms with Gasteiger partial charge in [0.05, 0.1) is 5.02 Å². The Morgan fingerprint density at radius 3 is 2.60 bits per heavy atom. The number of nitrogens with one attached hydrogen (secondary N) is 1. The predicted octanol–water partition coefficient (Wildman–Crippen LogP) is 2.83. The van der Waals surface area contributed by atoms with Crippen LogP contribution in [0.15, 0.2) is 18.2 Å². The van der Waals surface area contributed by atoms with Gasteiger partial charge >= 0.3 is 0 Å². The normalized spacial score (nSPS) is 28.4. The highest BCUT2D eigenvalue weighted by Crippen LogP contribution is 2.30. The number of benzene rings is 1. The van der Waals surface area contributed by atoms with E-state index in [0.29, 0.717) is 17.6 Å². The molecule has 3 rings (SSSR count). The molecule has 2 unspecified atom stereocenters. The van der Waals surface area contributed by atoms with Gasteiger partial charge in [0.15, 0.2) is 0 Å². The van der Waals surface area contributed by atoms with Gasteiger partial charge in [0.25, 0.3) is 5.91 Å². The van der Waals surface area contributed by atoms with Crippen LogP contribution in [0.5, 0.6) is 0 Å². The van der Waals surface area contributed by atoms with Crippen LogP contribution in [-0.4, -0.2) is 36.0 Å². The lowest BCUT2D eigenvalue weighted by Crippen LogP contribution is -2.48. The molecule has 0 saturated carbocycles. The lowest BCUT2D eigenvalue weighted by atomic mass is 9.98. The molecule has 2 atom stereocenters. The van der Waals surface area contributed by atoms with Crippen LogP contribution in [0.2, 0.25) is 5.02 Å². The van der Waals surface area contributed by atoms with Crippen molar-refractivity contribution >= 4 is 17.5 Å². The Labute approximate surface area is 123 Å². The number of piperidine rings is 1. The van der Waals surface area contributed by atoms with Crippen LogP contribution >= 0.6 is 11.6 Å². The first-order chi connectivity index (χ1) is 9.54. The summed E-state index contributed by atoms with van der Waals surface area (Å²) in [7, 11) is 1.83. The van der Waals surface area contributed by atoms with Crippen molar-refractivity contribution in [3.63, 3.8) is 0 Å². The van der Waals surface area contributed by atoms with Crippen LogP contribution in [0.25, 0.3) is 0 Å². The molecular formula is C15H18ClFN2O. The molecular weight excluding hydrogens is 279 g/mol. The fourth-order valence-electron chi connectivity index (χ4n) is 3.34. The first kappa shape index (κ1) is 13.8. The number of rotatable bonds is 2. The maximum atomic E-state index is 13.2. The molecule has 5 heteroatoms. The molecule has 2 fully saturated rings. The van der Waals surface area contributed by atoms with Gasteiger partial charge in [-0.2, -0.15) is 0 Å². The van der Waals surface area contributed by atoms with Gasteiger partial charge in [-0.1, -0.05) is 11.6 Å². The molecule has 1 amide bonds. The topological polar surface area (TPSA) is 32.3 Å². The number of carbonyl (C=O) groups excluding carboxylic acids is 1. The van der Waals surface area contributed by atoms with Gasteiger partial charge in [-0.25, -0.2) is 4.39 Å². The van der Waals surface area contributed by atoms with Crippen molar-refractivity contribution in [2.75, 3.05) is 7.05 Å². The molecule has 108 valence electrons. The summed E-state index contributed by atoms with van der Waals surface area (Å²) in [6, 6.07) is 5.47. The van der Waals surface area contributed by atoms with E-state index < -0.39 is 5.82 Å². The zero-order valence-corrected chi connectivity index (χ0v) is 12.2. The summed E-state index contributed by atoms with van der Waals surface area (Å²) in [6.45, 7) is 0. The van der Waals surface area contributed by atoms with E-state index in [-0.39, 0.29) is 17.0 Å². The molecule has 0 aromatic heterocycles. The second kappa shape index (κ2) is 5.34. The first-order valence-electron chi connectivity index (χ1n) is 7.03. The van der Waals surface area contributed by atoms with Crippen LogP contribution in [0.4, 0.5) is 4.39 Å². The third-order valence-corrected chi connectivity index (χ3v) is 4.77. The minimum absolute atomic E-state index is 0.00497. The largest absolute Gasteiger partial charge is 0.339 e. The van der Waals surface area contributed by atoms with Gasteiger partial charge in [0, 0.05) is 30.7 Å². The van der Waals surface area contributed by atoms with Gasteiger partial charge in [0.2, 0.25) is 0 Å². The molecule has 1 aromatic carbocycles. The second-order valence-corrected chi connectivity index (χ2v) is 6.22. The van der Waals surface area contributed by atoms with Crippen molar-refractivity contribution in [3.8, 4) is 0 Å². The summed E-state index contributed by atoms with van der Waals surface area (Å²) in [5, 5.41) is 3.56. The number of hydrogen-bond acceptors (Lipinski definition) is 2. The Hall–Kier alpha value is -1.13. The SMILES string of the molecule is CN(C(=O)c1ccc(F)c(Cl)c1)C1CC2CCC(C1)N2. The second-order valence-electron chi connectivity index (χ2n) is 5.81. The monoisotopic (exact) mass is 296 g/mol. The van der Waals surface area contributed by atoms with E-state index in [1.54, 1.807) is 4.90 Å². The number of fused-ring (bicyclic) bond motifs is 2. The molecule has 0 radical (unpaired) electrons. The molecule has 2 aliphatic heterocycles. The van der Waals surface area contributed by atoms with Crippen molar-refractivity contribution in [1.29, 1.82) is 0 Å². The zero-order valence-electron chi connectivity index (χ0n) is 11.4. The van der Waals surface area contributed by atoms with Crippen molar-refractivity contribution < 1.29 is 9.18 Å². The molecule has 0 spiro atoms. The minimum Gasteiger partial charge on any atom is -0.339 e. The fraction of sp³-hybridized carbons (Fsp3) is 0.533. The zero-order chi connectivity index (χ0) is 14.3. The fourth-order valence-corrected chi connectivity index (χ4v) is 3.52. The summed E-state index contributed by atoms with van der Waals surface area (Å²) in [4.78, 5) is 14.3. The third kappa shape index (κ3) is 2.54. The number of amides is 1. The maximum absolute atomic E-state index is 13.2. The lowest BCUT2D eigenvalue weighted by molar-refractivity contribution is 0.0681. The molecule has 2 heterocycles. The number of carbonyl (C=O) groups is 1. The summed E-state index contributed by atoms with van der Waals surface area (Å²) >= 11 is 5.75. The lowest BCUT2D eigenvalue weighted by Gasteiger charge is -2.35. The number of halogens is 2. The van der Waals surface area contributed by atoms with Gasteiger partial charge in [-0.05, 0) is 43.9 Å². The Morgan fingerprint density at radius 1 is 1.35 bits per heavy atom. The summed E-state index contributed by atoms with van der Waals surface area (Å²) in [5.41, 5.74) is 0.449. The van der Waals surface area contributed by atoms with Crippen LogP contribution in [0, 0.1) is 5.82 Å². The summed E-state index contributed by atoms with van der Waals surface area (Å²) in [6.07, 6.45) is 4.39. The molecule has 2 saturated heterocycles. The van der Waals surface area contributed by atoms with E-state index in [0.717, 1.165) is 12.8 Å². The van der Waals surface area contributed by atoms with Crippen LogP contribution in [0.1, 0.15) is 36.0 Å². The predicted molar refractivity (Wildman–Crippen MR) is 76.5 cm³/mol. The highest BCUT2D eigenvalue weighted by atomic mass is 35.5. The Bertz CT molecular complexity index is 525. The van der Waals surface area contributed by atoms with Crippen molar-refractivity contribution in [2.45, 2.75) is 43.8 Å². The van der Waals surface area contributed by atoms with E-state index in [4.69, 9.17) is 11.6 Å². The first-order valence-corrected chi connectivity index (χ1v) is 7.40. The van der Waals surface area contributed by atoms with Crippen molar-refractivity contribution in [3.05, 3.63) is 34.6 Å². The van der Waals surface area contributed by atoms with Crippen molar-refractivity contribution in [2.24, 2.45) is 0 Å². The van der Waals surface area contributed by atoms with E-state index in [1.165, 1.54) is 31.0 Å². The minimum atomic E-state index is -0.495. The third-order valence-electron chi connectivity index (χ3n) is 4.48. The summed E-state index contributed by atoms with van der Waals surface area (Å²) < 4.78 is 13.2. The van der Waals surface area contributed by atoms with Gasteiger partial charge in [-0.15, -0.1) is 0 Å². The molecule has 3 nitrogen and oxygen atoms in total. The standard InChI is InChI=1S/C15H18ClFN2O/c1-19(12-7-10-3-4-11(8-12)18-10)15(20)9-2-5-14(17)13(16)6-9/h2,5-6,10-12,18H,3-4,7-8H2,1H3. The molecule has 1 N–H and O–H groups in total. The maximum Gasteiger partial charge on any atom is 0.253 e. The highest BCUT2D eigenvalue weighted by molar-refractivity contribution is 6.31.